The minimum atomic E-state index is -4.23. The van der Waals surface area contributed by atoms with E-state index in [0.717, 1.165) is 25.7 Å². The van der Waals surface area contributed by atoms with Crippen LogP contribution in [0.25, 0.3) is 0 Å². The van der Waals surface area contributed by atoms with Crippen LogP contribution in [0.3, 0.4) is 0 Å². The minimum Gasteiger partial charge on any atom is -0.371 e. The summed E-state index contributed by atoms with van der Waals surface area (Å²) < 4.78 is 46.1. The van der Waals surface area contributed by atoms with E-state index >= 15 is 0 Å². The fourth-order valence-corrected chi connectivity index (χ4v) is 3.02. The quantitative estimate of drug-likeness (QED) is 0.759. The third-order valence-corrected chi connectivity index (χ3v) is 3.91. The van der Waals surface area contributed by atoms with Crippen LogP contribution in [0.15, 0.2) is 0 Å². The number of hydrogen-bond acceptors (Lipinski definition) is 3. The molecule has 0 aromatic rings. The van der Waals surface area contributed by atoms with Crippen molar-refractivity contribution >= 4 is 0 Å². The molecule has 1 saturated carbocycles. The molecule has 0 amide bonds. The van der Waals surface area contributed by atoms with Crippen molar-refractivity contribution < 1.29 is 22.6 Å². The van der Waals surface area contributed by atoms with Crippen molar-refractivity contribution in [3.63, 3.8) is 0 Å². The second-order valence-electron chi connectivity index (χ2n) is 5.54. The van der Waals surface area contributed by atoms with E-state index in [9.17, 15) is 13.2 Å². The Bertz CT molecular complexity index is 278. The molecule has 2 fully saturated rings. The first-order valence-electron chi connectivity index (χ1n) is 7.02. The highest BCUT2D eigenvalue weighted by atomic mass is 19.4. The molecule has 1 unspecified atom stereocenters. The predicted octanol–water partition coefficient (Wildman–Crippen LogP) is 2.65. The van der Waals surface area contributed by atoms with Gasteiger partial charge in [-0.15, -0.1) is 0 Å². The van der Waals surface area contributed by atoms with Gasteiger partial charge in [-0.3, -0.25) is 0 Å². The third kappa shape index (κ3) is 4.93. The average molecular weight is 281 g/mol. The summed E-state index contributed by atoms with van der Waals surface area (Å²) in [6, 6.07) is 0. The molecule has 1 atom stereocenters. The summed E-state index contributed by atoms with van der Waals surface area (Å²) in [5, 5.41) is 3.10. The molecule has 19 heavy (non-hydrogen) atoms. The fourth-order valence-electron chi connectivity index (χ4n) is 3.02. The molecular formula is C13H22F3NO2. The molecular weight excluding hydrogens is 259 g/mol. The summed E-state index contributed by atoms with van der Waals surface area (Å²) in [5.74, 6) is 0. The second-order valence-corrected chi connectivity index (χ2v) is 5.54. The Labute approximate surface area is 111 Å². The predicted molar refractivity (Wildman–Crippen MR) is 65.0 cm³/mol. The highest BCUT2D eigenvalue weighted by Crippen LogP contribution is 2.43. The molecule has 1 spiro atoms. The Hall–Kier alpha value is -0.330. The van der Waals surface area contributed by atoms with Gasteiger partial charge in [-0.1, -0.05) is 12.8 Å². The Balaban J connectivity index is 1.50. The van der Waals surface area contributed by atoms with E-state index in [1.54, 1.807) is 0 Å². The van der Waals surface area contributed by atoms with E-state index < -0.39 is 12.8 Å². The van der Waals surface area contributed by atoms with Gasteiger partial charge in [0.25, 0.3) is 0 Å². The van der Waals surface area contributed by atoms with Gasteiger partial charge in [0, 0.05) is 13.1 Å². The van der Waals surface area contributed by atoms with E-state index in [1.165, 1.54) is 12.8 Å². The van der Waals surface area contributed by atoms with E-state index in [4.69, 9.17) is 4.74 Å². The van der Waals surface area contributed by atoms with Crippen LogP contribution in [0.1, 0.15) is 38.5 Å². The molecule has 1 saturated heterocycles. The van der Waals surface area contributed by atoms with Crippen molar-refractivity contribution in [1.29, 1.82) is 0 Å². The van der Waals surface area contributed by atoms with Gasteiger partial charge >= 0.3 is 6.18 Å². The van der Waals surface area contributed by atoms with Gasteiger partial charge in [0.15, 0.2) is 0 Å². The maximum Gasteiger partial charge on any atom is 0.411 e. The van der Waals surface area contributed by atoms with Gasteiger partial charge in [-0.2, -0.15) is 13.2 Å². The van der Waals surface area contributed by atoms with Crippen LogP contribution in [-0.2, 0) is 9.47 Å². The molecule has 2 aliphatic rings. The smallest absolute Gasteiger partial charge is 0.371 e. The van der Waals surface area contributed by atoms with Gasteiger partial charge < -0.3 is 14.8 Å². The minimum absolute atomic E-state index is 0.0807. The maximum absolute atomic E-state index is 11.8. The maximum atomic E-state index is 11.8. The molecule has 0 aromatic carbocycles. The van der Waals surface area contributed by atoms with Crippen molar-refractivity contribution in [3.8, 4) is 0 Å². The topological polar surface area (TPSA) is 30.5 Å². The summed E-state index contributed by atoms with van der Waals surface area (Å²) in [5.41, 5.74) is 0.124. The Morgan fingerprint density at radius 3 is 2.63 bits per heavy atom. The van der Waals surface area contributed by atoms with Crippen LogP contribution in [0.5, 0.6) is 0 Å². The molecule has 112 valence electrons. The second kappa shape index (κ2) is 6.41. The average Bonchev–Trinajstić information content (AvgIpc) is 2.94. The number of hydrogen-bond donors (Lipinski definition) is 1. The van der Waals surface area contributed by atoms with Crippen LogP contribution in [-0.4, -0.2) is 44.2 Å². The van der Waals surface area contributed by atoms with Gasteiger partial charge in [0.1, 0.15) is 6.61 Å². The third-order valence-electron chi connectivity index (χ3n) is 3.91. The zero-order valence-electron chi connectivity index (χ0n) is 11.1. The molecule has 1 heterocycles. The Kier molecular flexibility index (Phi) is 5.09. The summed E-state index contributed by atoms with van der Waals surface area (Å²) in [4.78, 5) is 0. The molecule has 3 nitrogen and oxygen atoms in total. The number of halogens is 3. The largest absolute Gasteiger partial charge is 0.411 e. The van der Waals surface area contributed by atoms with E-state index in [-0.39, 0.29) is 18.3 Å². The lowest BCUT2D eigenvalue weighted by Gasteiger charge is -2.23. The lowest BCUT2D eigenvalue weighted by atomic mass is 9.98. The Morgan fingerprint density at radius 2 is 1.95 bits per heavy atom. The summed E-state index contributed by atoms with van der Waals surface area (Å²) >= 11 is 0. The molecule has 2 rings (SSSR count). The SMILES string of the molecule is FC(F)(F)COCCNCC1CCC2(CCCC2)O1. The molecule has 1 aliphatic carbocycles. The molecule has 0 radical (unpaired) electrons. The van der Waals surface area contributed by atoms with Gasteiger partial charge in [-0.25, -0.2) is 0 Å². The zero-order chi connectivity index (χ0) is 13.8. The lowest BCUT2D eigenvalue weighted by molar-refractivity contribution is -0.173. The number of rotatable bonds is 6. The number of nitrogens with one attached hydrogen (secondary N) is 1. The normalized spacial score (nSPS) is 26.4. The monoisotopic (exact) mass is 281 g/mol. The standard InChI is InChI=1S/C13H22F3NO2/c14-13(15,16)10-18-8-7-17-9-11-3-6-12(19-11)4-1-2-5-12/h11,17H,1-10H2. The van der Waals surface area contributed by atoms with E-state index in [1.807, 2.05) is 0 Å². The van der Waals surface area contributed by atoms with Gasteiger partial charge in [0.2, 0.25) is 0 Å². The lowest BCUT2D eigenvalue weighted by Crippen LogP contribution is -2.33. The summed E-state index contributed by atoms with van der Waals surface area (Å²) in [6.45, 7) is 0.0508. The highest BCUT2D eigenvalue weighted by molar-refractivity contribution is 4.93. The molecule has 6 heteroatoms. The van der Waals surface area contributed by atoms with Crippen molar-refractivity contribution in [2.24, 2.45) is 0 Å². The summed E-state index contributed by atoms with van der Waals surface area (Å²) in [6.07, 6.45) is 3.00. The summed E-state index contributed by atoms with van der Waals surface area (Å²) in [7, 11) is 0. The van der Waals surface area contributed by atoms with Gasteiger partial charge in [0.05, 0.1) is 18.3 Å². The first-order chi connectivity index (χ1) is 8.99. The van der Waals surface area contributed by atoms with Crippen molar-refractivity contribution in [2.75, 3.05) is 26.3 Å². The van der Waals surface area contributed by atoms with Crippen LogP contribution in [0.4, 0.5) is 13.2 Å². The first kappa shape index (κ1) is 15.1. The van der Waals surface area contributed by atoms with Crippen molar-refractivity contribution in [3.05, 3.63) is 0 Å². The van der Waals surface area contributed by atoms with Crippen LogP contribution in [0, 0.1) is 0 Å². The fraction of sp³-hybridized carbons (Fsp3) is 1.00. The van der Waals surface area contributed by atoms with Crippen LogP contribution < -0.4 is 5.32 Å². The van der Waals surface area contributed by atoms with Crippen LogP contribution >= 0.6 is 0 Å². The van der Waals surface area contributed by atoms with E-state index in [0.29, 0.717) is 13.1 Å². The number of ether oxygens (including phenoxy) is 2. The highest BCUT2D eigenvalue weighted by Gasteiger charge is 2.41. The molecule has 0 aromatic heterocycles. The Morgan fingerprint density at radius 1 is 1.21 bits per heavy atom. The molecule has 0 bridgehead atoms. The molecule has 1 aliphatic heterocycles. The first-order valence-corrected chi connectivity index (χ1v) is 7.02. The molecule has 1 N–H and O–H groups in total. The number of alkyl halides is 3. The van der Waals surface area contributed by atoms with Gasteiger partial charge in [-0.05, 0) is 25.7 Å². The van der Waals surface area contributed by atoms with Crippen molar-refractivity contribution in [2.45, 2.75) is 56.4 Å². The zero-order valence-corrected chi connectivity index (χ0v) is 11.1. The van der Waals surface area contributed by atoms with E-state index in [2.05, 4.69) is 10.1 Å². The van der Waals surface area contributed by atoms with Crippen LogP contribution in [0.2, 0.25) is 0 Å². The van der Waals surface area contributed by atoms with Crippen molar-refractivity contribution in [1.82, 2.24) is 5.32 Å².